The second kappa shape index (κ2) is 11.4. The summed E-state index contributed by atoms with van der Waals surface area (Å²) in [4.78, 5) is 32.8. The maximum Gasteiger partial charge on any atom is 0.416 e. The van der Waals surface area contributed by atoms with Crippen LogP contribution in [0.2, 0.25) is 0 Å². The van der Waals surface area contributed by atoms with E-state index in [1.54, 1.807) is 11.0 Å². The number of likely N-dealkylation sites (tertiary alicyclic amines) is 1. The van der Waals surface area contributed by atoms with E-state index in [9.17, 15) is 18.0 Å². The Labute approximate surface area is 241 Å². The van der Waals surface area contributed by atoms with Crippen molar-refractivity contribution in [2.75, 3.05) is 43.6 Å². The van der Waals surface area contributed by atoms with Crippen molar-refractivity contribution in [3.63, 3.8) is 0 Å². The van der Waals surface area contributed by atoms with Gasteiger partial charge in [-0.05, 0) is 55.9 Å². The normalized spacial score (nSPS) is 23.5. The summed E-state index contributed by atoms with van der Waals surface area (Å²) < 4.78 is 49.6. The van der Waals surface area contributed by atoms with E-state index in [2.05, 4.69) is 19.9 Å². The van der Waals surface area contributed by atoms with Crippen LogP contribution in [-0.4, -0.2) is 80.7 Å². The number of anilines is 2. The average Bonchev–Trinajstić information content (AvgIpc) is 3.83. The van der Waals surface area contributed by atoms with Crippen LogP contribution in [0, 0.1) is 12.8 Å². The third kappa shape index (κ3) is 5.62. The number of pyridine rings is 1. The number of benzene rings is 1. The fourth-order valence-corrected chi connectivity index (χ4v) is 6.45. The van der Waals surface area contributed by atoms with E-state index in [-0.39, 0.29) is 23.2 Å². The summed E-state index contributed by atoms with van der Waals surface area (Å²) in [6.45, 7) is 4.22. The van der Waals surface area contributed by atoms with E-state index in [0.717, 1.165) is 24.5 Å². The molecule has 3 aromatic rings. The van der Waals surface area contributed by atoms with Crippen LogP contribution in [-0.2, 0) is 10.9 Å². The number of hydrazine groups is 1. The van der Waals surface area contributed by atoms with Crippen molar-refractivity contribution >= 4 is 17.7 Å². The number of amides is 1. The first kappa shape index (κ1) is 28.3. The molecule has 0 bridgehead atoms. The number of alkyl halides is 3. The van der Waals surface area contributed by atoms with Crippen molar-refractivity contribution in [2.24, 2.45) is 5.92 Å². The zero-order chi connectivity index (χ0) is 29.4. The quantitative estimate of drug-likeness (QED) is 0.465. The highest BCUT2D eigenvalue weighted by Crippen LogP contribution is 2.50. The summed E-state index contributed by atoms with van der Waals surface area (Å²) >= 11 is 0. The smallest absolute Gasteiger partial charge is 0.384 e. The maximum absolute atomic E-state index is 14.7. The second-order valence-corrected chi connectivity index (χ2v) is 11.1. The number of morpholine rings is 1. The number of rotatable bonds is 6. The number of carbonyl (C=O) groups excluding carboxylic acids is 1. The van der Waals surface area contributed by atoms with Gasteiger partial charge in [-0.1, -0.05) is 17.7 Å². The van der Waals surface area contributed by atoms with E-state index in [4.69, 9.17) is 10.5 Å². The largest absolute Gasteiger partial charge is 0.416 e. The van der Waals surface area contributed by atoms with Crippen LogP contribution < -0.4 is 10.7 Å². The molecule has 1 aromatic carbocycles. The monoisotopic (exact) mass is 582 g/mol. The van der Waals surface area contributed by atoms with Crippen molar-refractivity contribution < 1.29 is 22.7 Å². The van der Waals surface area contributed by atoms with E-state index in [1.165, 1.54) is 18.9 Å². The van der Waals surface area contributed by atoms with Crippen LogP contribution in [0.25, 0.3) is 0 Å². The number of aromatic nitrogens is 4. The molecule has 3 atom stereocenters. The fourth-order valence-electron chi connectivity index (χ4n) is 6.45. The van der Waals surface area contributed by atoms with Crippen LogP contribution in [0.4, 0.5) is 24.9 Å². The number of ether oxygens (including phenoxy) is 1. The van der Waals surface area contributed by atoms with E-state index >= 15 is 0 Å². The fraction of sp³-hybridized carbons (Fsp3) is 0.483. The number of halogens is 3. The molecule has 222 valence electrons. The lowest BCUT2D eigenvalue weighted by Gasteiger charge is -2.52. The summed E-state index contributed by atoms with van der Waals surface area (Å²) in [6.07, 6.45) is 1.35. The molecule has 13 heteroatoms. The molecule has 2 aromatic heterocycles. The van der Waals surface area contributed by atoms with Gasteiger partial charge in [0.15, 0.2) is 0 Å². The van der Waals surface area contributed by atoms with Crippen LogP contribution in [0.15, 0.2) is 49.2 Å². The standard InChI is InChI=1S/C29H33F3N8O2/c1-18-3-2-4-20(13-18)27(41)39-8-7-23(40(28-36-16-34-17-37-28)38-9-11-42-12-10-38)25(26(39)19-5-6-19)21-15-35-24(33)14-22(21)29(30,31)32/h2-4,13-17,19,23,25-26H,5-12H2,1H3,(H2,33,35). The Hall–Kier alpha value is -3.84. The van der Waals surface area contributed by atoms with Crippen molar-refractivity contribution in [3.05, 3.63) is 71.4 Å². The summed E-state index contributed by atoms with van der Waals surface area (Å²) in [5.41, 5.74) is 6.44. The van der Waals surface area contributed by atoms with Crippen molar-refractivity contribution in [1.82, 2.24) is 29.8 Å². The number of hydrogen-bond acceptors (Lipinski definition) is 9. The third-order valence-electron chi connectivity index (χ3n) is 8.35. The van der Waals surface area contributed by atoms with Crippen molar-refractivity contribution in [1.29, 1.82) is 0 Å². The lowest BCUT2D eigenvalue weighted by molar-refractivity contribution is -0.138. The SMILES string of the molecule is Cc1cccc(C(=O)N2CCC(N(c3ncncn3)N3CCOCC3)C(c3cnc(N)cc3C(F)(F)F)C2C2CC2)c1. The molecule has 0 radical (unpaired) electrons. The highest BCUT2D eigenvalue weighted by atomic mass is 19.4. The number of piperidine rings is 1. The van der Waals surface area contributed by atoms with Gasteiger partial charge in [-0.15, -0.1) is 0 Å². The minimum Gasteiger partial charge on any atom is -0.384 e. The van der Waals surface area contributed by atoms with Crippen LogP contribution in [0.3, 0.4) is 0 Å². The topological polar surface area (TPSA) is 114 Å². The molecular formula is C29H33F3N8O2. The summed E-state index contributed by atoms with van der Waals surface area (Å²) in [5.74, 6) is -0.781. The van der Waals surface area contributed by atoms with Gasteiger partial charge < -0.3 is 15.4 Å². The van der Waals surface area contributed by atoms with Gasteiger partial charge >= 0.3 is 6.18 Å². The Morgan fingerprint density at radius 3 is 2.45 bits per heavy atom. The van der Waals surface area contributed by atoms with Gasteiger partial charge in [-0.3, -0.25) is 9.80 Å². The minimum atomic E-state index is -4.68. The molecule has 10 nitrogen and oxygen atoms in total. The highest BCUT2D eigenvalue weighted by molar-refractivity contribution is 5.95. The molecule has 3 unspecified atom stereocenters. The molecule has 0 spiro atoms. The number of nitrogens with two attached hydrogens (primary N) is 1. The van der Waals surface area contributed by atoms with Gasteiger partial charge in [-0.25, -0.2) is 24.9 Å². The van der Waals surface area contributed by atoms with Gasteiger partial charge in [0.25, 0.3) is 5.91 Å². The first-order chi connectivity index (χ1) is 20.2. The Morgan fingerprint density at radius 2 is 1.79 bits per heavy atom. The van der Waals surface area contributed by atoms with Crippen molar-refractivity contribution in [3.8, 4) is 0 Å². The number of nitrogens with zero attached hydrogens (tertiary/aromatic N) is 7. The first-order valence-electron chi connectivity index (χ1n) is 14.2. The van der Waals surface area contributed by atoms with Crippen LogP contribution in [0.5, 0.6) is 0 Å². The van der Waals surface area contributed by atoms with Crippen molar-refractivity contribution in [2.45, 2.75) is 50.4 Å². The summed E-state index contributed by atoms with van der Waals surface area (Å²) in [7, 11) is 0. The predicted octanol–water partition coefficient (Wildman–Crippen LogP) is 3.71. The van der Waals surface area contributed by atoms with Crippen LogP contribution in [0.1, 0.15) is 52.2 Å². The van der Waals surface area contributed by atoms with Crippen LogP contribution >= 0.6 is 0 Å². The number of aryl methyl sites for hydroxylation is 1. The lowest BCUT2D eigenvalue weighted by Crippen LogP contribution is -2.63. The first-order valence-corrected chi connectivity index (χ1v) is 14.2. The maximum atomic E-state index is 14.7. The summed E-state index contributed by atoms with van der Waals surface area (Å²) in [5, 5.41) is 3.95. The van der Waals surface area contributed by atoms with E-state index < -0.39 is 29.7 Å². The zero-order valence-corrected chi connectivity index (χ0v) is 23.2. The Morgan fingerprint density at radius 1 is 1.05 bits per heavy atom. The zero-order valence-electron chi connectivity index (χ0n) is 23.2. The molecule has 2 aliphatic heterocycles. The number of carbonyl (C=O) groups is 1. The molecule has 2 saturated heterocycles. The molecule has 3 aliphatic rings. The predicted molar refractivity (Wildman–Crippen MR) is 148 cm³/mol. The molecule has 1 aliphatic carbocycles. The van der Waals surface area contributed by atoms with E-state index in [0.29, 0.717) is 50.8 Å². The highest BCUT2D eigenvalue weighted by Gasteiger charge is 2.53. The molecule has 2 N–H and O–H groups in total. The molecular weight excluding hydrogens is 549 g/mol. The Balaban J connectivity index is 1.52. The molecule has 6 rings (SSSR count). The minimum absolute atomic E-state index is 0.0210. The third-order valence-corrected chi connectivity index (χ3v) is 8.35. The van der Waals surface area contributed by atoms with Gasteiger partial charge in [-0.2, -0.15) is 13.2 Å². The number of nitrogen functional groups attached to an aromatic ring is 1. The molecule has 1 amide bonds. The van der Waals surface area contributed by atoms with Gasteiger partial charge in [0, 0.05) is 43.4 Å². The molecule has 42 heavy (non-hydrogen) atoms. The van der Waals surface area contributed by atoms with E-state index in [1.807, 2.05) is 35.1 Å². The number of hydrogen-bond donors (Lipinski definition) is 1. The molecule has 1 saturated carbocycles. The van der Waals surface area contributed by atoms with Gasteiger partial charge in [0.2, 0.25) is 5.95 Å². The lowest BCUT2D eigenvalue weighted by atomic mass is 9.75. The molecule has 3 fully saturated rings. The second-order valence-electron chi connectivity index (χ2n) is 11.1. The summed E-state index contributed by atoms with van der Waals surface area (Å²) in [6, 6.07) is 7.21. The average molecular weight is 583 g/mol. The van der Waals surface area contributed by atoms with Gasteiger partial charge in [0.05, 0.1) is 24.8 Å². The molecule has 4 heterocycles. The van der Waals surface area contributed by atoms with Gasteiger partial charge in [0.1, 0.15) is 18.5 Å². The Kier molecular flexibility index (Phi) is 7.71. The Bertz CT molecular complexity index is 1420.